The molecule has 0 atom stereocenters. The zero-order valence-electron chi connectivity index (χ0n) is 8.77. The van der Waals surface area contributed by atoms with E-state index in [2.05, 4.69) is 0 Å². The Morgan fingerprint density at radius 2 is 2.07 bits per heavy atom. The molecule has 1 aromatic rings. The average molecular weight is 212 g/mol. The SMILES string of the molecule is COCOc1ccc(CO)cc1CCO. The minimum absolute atomic E-state index is 0.0109. The lowest BCUT2D eigenvalue weighted by Crippen LogP contribution is -2.03. The molecule has 0 amide bonds. The maximum Gasteiger partial charge on any atom is 0.188 e. The highest BCUT2D eigenvalue weighted by Gasteiger charge is 2.04. The van der Waals surface area contributed by atoms with Gasteiger partial charge >= 0.3 is 0 Å². The molecule has 0 bridgehead atoms. The number of methoxy groups -OCH3 is 1. The second kappa shape index (κ2) is 6.40. The van der Waals surface area contributed by atoms with E-state index < -0.39 is 0 Å². The van der Waals surface area contributed by atoms with Gasteiger partial charge in [-0.15, -0.1) is 0 Å². The summed E-state index contributed by atoms with van der Waals surface area (Å²) in [7, 11) is 1.55. The van der Waals surface area contributed by atoms with E-state index in [9.17, 15) is 0 Å². The van der Waals surface area contributed by atoms with Gasteiger partial charge in [0.25, 0.3) is 0 Å². The lowest BCUT2D eigenvalue weighted by molar-refractivity contribution is 0.0502. The molecule has 4 nitrogen and oxygen atoms in total. The normalized spacial score (nSPS) is 10.3. The number of aliphatic hydroxyl groups is 2. The average Bonchev–Trinajstić information content (AvgIpc) is 2.27. The molecule has 0 aromatic heterocycles. The van der Waals surface area contributed by atoms with Crippen molar-refractivity contribution in [1.29, 1.82) is 0 Å². The van der Waals surface area contributed by atoms with Gasteiger partial charge in [0.15, 0.2) is 6.79 Å². The zero-order valence-corrected chi connectivity index (χ0v) is 8.77. The van der Waals surface area contributed by atoms with Crippen molar-refractivity contribution < 1.29 is 19.7 Å². The number of aliphatic hydroxyl groups excluding tert-OH is 2. The van der Waals surface area contributed by atoms with Crippen molar-refractivity contribution in [2.75, 3.05) is 20.5 Å². The van der Waals surface area contributed by atoms with Crippen LogP contribution in [0, 0.1) is 0 Å². The lowest BCUT2D eigenvalue weighted by atomic mass is 10.1. The van der Waals surface area contributed by atoms with E-state index in [-0.39, 0.29) is 20.0 Å². The Bertz CT molecular complexity index is 299. The Hall–Kier alpha value is -1.10. The molecule has 0 fully saturated rings. The summed E-state index contributed by atoms with van der Waals surface area (Å²) in [6.45, 7) is 0.220. The minimum Gasteiger partial charge on any atom is -0.467 e. The molecule has 0 saturated carbocycles. The van der Waals surface area contributed by atoms with Crippen LogP contribution in [0.5, 0.6) is 5.75 Å². The van der Waals surface area contributed by atoms with Crippen LogP contribution in [0.1, 0.15) is 11.1 Å². The third-order valence-corrected chi connectivity index (χ3v) is 2.02. The van der Waals surface area contributed by atoms with E-state index in [0.717, 1.165) is 11.1 Å². The van der Waals surface area contributed by atoms with Crippen LogP contribution in [0.2, 0.25) is 0 Å². The summed E-state index contributed by atoms with van der Waals surface area (Å²) in [6.07, 6.45) is 0.507. The summed E-state index contributed by atoms with van der Waals surface area (Å²) in [4.78, 5) is 0. The third kappa shape index (κ3) is 3.51. The lowest BCUT2D eigenvalue weighted by Gasteiger charge is -2.11. The molecule has 0 radical (unpaired) electrons. The standard InChI is InChI=1S/C11H16O4/c1-14-8-15-11-3-2-9(7-13)6-10(11)4-5-12/h2-3,6,12-13H,4-5,7-8H2,1H3. The highest BCUT2D eigenvalue weighted by Crippen LogP contribution is 2.20. The van der Waals surface area contributed by atoms with Crippen molar-refractivity contribution >= 4 is 0 Å². The van der Waals surface area contributed by atoms with Gasteiger partial charge < -0.3 is 19.7 Å². The molecule has 0 aliphatic heterocycles. The first kappa shape index (κ1) is 12.0. The highest BCUT2D eigenvalue weighted by atomic mass is 16.7. The summed E-state index contributed by atoms with van der Waals surface area (Å²) in [5, 5.41) is 17.9. The zero-order chi connectivity index (χ0) is 11.1. The van der Waals surface area contributed by atoms with Gasteiger partial charge in [-0.2, -0.15) is 0 Å². The quantitative estimate of drug-likeness (QED) is 0.681. The van der Waals surface area contributed by atoms with E-state index in [1.54, 1.807) is 19.2 Å². The van der Waals surface area contributed by atoms with Crippen LogP contribution in [0.25, 0.3) is 0 Å². The van der Waals surface area contributed by atoms with Gasteiger partial charge in [-0.1, -0.05) is 6.07 Å². The Morgan fingerprint density at radius 3 is 2.67 bits per heavy atom. The largest absolute Gasteiger partial charge is 0.467 e. The fourth-order valence-corrected chi connectivity index (χ4v) is 1.31. The summed E-state index contributed by atoms with van der Waals surface area (Å²) in [5.74, 6) is 0.683. The number of hydrogen-bond acceptors (Lipinski definition) is 4. The fraction of sp³-hybridized carbons (Fsp3) is 0.455. The molecule has 1 aromatic carbocycles. The molecule has 0 saturated heterocycles. The van der Waals surface area contributed by atoms with Crippen molar-refractivity contribution in [1.82, 2.24) is 0 Å². The molecule has 0 aliphatic carbocycles. The maximum atomic E-state index is 8.97. The van der Waals surface area contributed by atoms with Crippen molar-refractivity contribution in [2.45, 2.75) is 13.0 Å². The first-order valence-electron chi connectivity index (χ1n) is 4.77. The second-order valence-electron chi connectivity index (χ2n) is 3.12. The second-order valence-corrected chi connectivity index (χ2v) is 3.12. The summed E-state index contributed by atoms with van der Waals surface area (Å²) < 4.78 is 10.1. The number of rotatable bonds is 6. The number of hydrogen-bond donors (Lipinski definition) is 2. The van der Waals surface area contributed by atoms with Gasteiger partial charge in [0.2, 0.25) is 0 Å². The van der Waals surface area contributed by atoms with Gasteiger partial charge in [0.05, 0.1) is 6.61 Å². The first-order chi connectivity index (χ1) is 7.31. The fourth-order valence-electron chi connectivity index (χ4n) is 1.31. The predicted molar refractivity (Wildman–Crippen MR) is 55.7 cm³/mol. The molecule has 0 aliphatic rings. The van der Waals surface area contributed by atoms with Crippen molar-refractivity contribution in [3.05, 3.63) is 29.3 Å². The van der Waals surface area contributed by atoms with Crippen molar-refractivity contribution in [3.63, 3.8) is 0 Å². The summed E-state index contributed by atoms with van der Waals surface area (Å²) >= 11 is 0. The molecule has 15 heavy (non-hydrogen) atoms. The maximum absolute atomic E-state index is 8.97. The van der Waals surface area contributed by atoms with Crippen LogP contribution in [-0.4, -0.2) is 30.7 Å². The molecule has 1 rings (SSSR count). The monoisotopic (exact) mass is 212 g/mol. The van der Waals surface area contributed by atoms with E-state index in [1.165, 1.54) is 0 Å². The minimum atomic E-state index is -0.0109. The Morgan fingerprint density at radius 1 is 1.27 bits per heavy atom. The van der Waals surface area contributed by atoms with Gasteiger partial charge in [0, 0.05) is 13.7 Å². The molecule has 0 spiro atoms. The van der Waals surface area contributed by atoms with E-state index in [4.69, 9.17) is 19.7 Å². The van der Waals surface area contributed by atoms with Gasteiger partial charge in [-0.3, -0.25) is 0 Å². The highest BCUT2D eigenvalue weighted by molar-refractivity contribution is 5.37. The molecule has 2 N–H and O–H groups in total. The number of ether oxygens (including phenoxy) is 2. The number of benzene rings is 1. The van der Waals surface area contributed by atoms with Crippen LogP contribution in [0.15, 0.2) is 18.2 Å². The molecular formula is C11H16O4. The van der Waals surface area contributed by atoms with Crippen LogP contribution in [-0.2, 0) is 17.8 Å². The molecule has 4 heteroatoms. The Labute approximate surface area is 89.1 Å². The van der Waals surface area contributed by atoms with E-state index >= 15 is 0 Å². The first-order valence-corrected chi connectivity index (χ1v) is 4.77. The van der Waals surface area contributed by atoms with Crippen LogP contribution < -0.4 is 4.74 Å². The predicted octanol–water partition coefficient (Wildman–Crippen LogP) is 0.696. The smallest absolute Gasteiger partial charge is 0.188 e. The van der Waals surface area contributed by atoms with Crippen molar-refractivity contribution in [2.24, 2.45) is 0 Å². The van der Waals surface area contributed by atoms with Crippen LogP contribution >= 0.6 is 0 Å². The van der Waals surface area contributed by atoms with E-state index in [1.807, 2.05) is 6.07 Å². The summed E-state index contributed by atoms with van der Waals surface area (Å²) in [6, 6.07) is 5.38. The van der Waals surface area contributed by atoms with Gasteiger partial charge in [-0.05, 0) is 29.7 Å². The molecule has 0 heterocycles. The van der Waals surface area contributed by atoms with E-state index in [0.29, 0.717) is 12.2 Å². The topological polar surface area (TPSA) is 58.9 Å². The van der Waals surface area contributed by atoms with Crippen LogP contribution in [0.3, 0.4) is 0 Å². The Balaban J connectivity index is 2.82. The molecule has 84 valence electrons. The van der Waals surface area contributed by atoms with Crippen LogP contribution in [0.4, 0.5) is 0 Å². The van der Waals surface area contributed by atoms with Gasteiger partial charge in [0.1, 0.15) is 5.75 Å². The molecule has 0 unspecified atom stereocenters. The third-order valence-electron chi connectivity index (χ3n) is 2.02. The summed E-state index contributed by atoms with van der Waals surface area (Å²) in [5.41, 5.74) is 1.68. The molecular weight excluding hydrogens is 196 g/mol. The Kier molecular flexibility index (Phi) is 5.10. The van der Waals surface area contributed by atoms with Gasteiger partial charge in [-0.25, -0.2) is 0 Å². The van der Waals surface area contributed by atoms with Crippen molar-refractivity contribution in [3.8, 4) is 5.75 Å².